The van der Waals surface area contributed by atoms with E-state index >= 15 is 0 Å². The lowest BCUT2D eigenvalue weighted by Crippen LogP contribution is -2.13. The van der Waals surface area contributed by atoms with Crippen LogP contribution in [-0.4, -0.2) is 21.8 Å². The van der Waals surface area contributed by atoms with Crippen molar-refractivity contribution in [2.45, 2.75) is 0 Å². The lowest BCUT2D eigenvalue weighted by atomic mass is 10.1. The van der Waals surface area contributed by atoms with Gasteiger partial charge in [0.2, 0.25) is 0 Å². The standard InChI is InChI=1S/C12H10N4O2/c13-11(17)9-5-7(1-3-15-9)8-2-4-16-10(6-8)12(14)18/h1-6H,(H2,13,17)(H2,14,18). The van der Waals surface area contributed by atoms with E-state index in [0.717, 1.165) is 0 Å². The summed E-state index contributed by atoms with van der Waals surface area (Å²) in [5.74, 6) is -1.22. The molecule has 0 unspecified atom stereocenters. The number of nitrogens with zero attached hydrogens (tertiary/aromatic N) is 2. The molecule has 4 N–H and O–H groups in total. The van der Waals surface area contributed by atoms with Crippen LogP contribution in [0, 0.1) is 0 Å². The fraction of sp³-hybridized carbons (Fsp3) is 0. The number of nitrogens with two attached hydrogens (primary N) is 2. The fourth-order valence-corrected chi connectivity index (χ4v) is 1.49. The van der Waals surface area contributed by atoms with E-state index in [2.05, 4.69) is 9.97 Å². The van der Waals surface area contributed by atoms with E-state index in [1.54, 1.807) is 24.3 Å². The van der Waals surface area contributed by atoms with E-state index in [0.29, 0.717) is 11.1 Å². The lowest BCUT2D eigenvalue weighted by molar-refractivity contribution is 0.0987. The first kappa shape index (κ1) is 11.7. The Balaban J connectivity index is 2.48. The minimum atomic E-state index is -0.610. The third kappa shape index (κ3) is 2.32. The van der Waals surface area contributed by atoms with Crippen molar-refractivity contribution in [2.24, 2.45) is 11.5 Å². The highest BCUT2D eigenvalue weighted by molar-refractivity contribution is 5.93. The van der Waals surface area contributed by atoms with E-state index < -0.39 is 11.8 Å². The average Bonchev–Trinajstić information content (AvgIpc) is 2.39. The molecule has 0 saturated heterocycles. The fourth-order valence-electron chi connectivity index (χ4n) is 1.49. The molecule has 2 heterocycles. The third-order valence-electron chi connectivity index (χ3n) is 2.36. The highest BCUT2D eigenvalue weighted by atomic mass is 16.1. The molecule has 6 heteroatoms. The highest BCUT2D eigenvalue weighted by Crippen LogP contribution is 2.19. The topological polar surface area (TPSA) is 112 Å². The SMILES string of the molecule is NC(=O)c1cc(-c2ccnc(C(N)=O)c2)ccn1. The zero-order valence-electron chi connectivity index (χ0n) is 9.33. The van der Waals surface area contributed by atoms with Gasteiger partial charge in [0, 0.05) is 12.4 Å². The Labute approximate surface area is 103 Å². The van der Waals surface area contributed by atoms with Crippen molar-refractivity contribution < 1.29 is 9.59 Å². The highest BCUT2D eigenvalue weighted by Gasteiger charge is 2.07. The predicted molar refractivity (Wildman–Crippen MR) is 64.5 cm³/mol. The van der Waals surface area contributed by atoms with E-state index in [9.17, 15) is 9.59 Å². The van der Waals surface area contributed by atoms with Crippen LogP contribution in [0.15, 0.2) is 36.7 Å². The molecular weight excluding hydrogens is 232 g/mol. The Morgan fingerprint density at radius 1 is 0.833 bits per heavy atom. The molecule has 0 aromatic carbocycles. The normalized spacial score (nSPS) is 10.0. The molecule has 0 aliphatic rings. The lowest BCUT2D eigenvalue weighted by Gasteiger charge is -2.03. The number of amides is 2. The van der Waals surface area contributed by atoms with Gasteiger partial charge in [0.25, 0.3) is 11.8 Å². The minimum absolute atomic E-state index is 0.157. The van der Waals surface area contributed by atoms with Gasteiger partial charge in [-0.1, -0.05) is 0 Å². The van der Waals surface area contributed by atoms with Crippen LogP contribution in [0.5, 0.6) is 0 Å². The number of primary amides is 2. The van der Waals surface area contributed by atoms with Gasteiger partial charge < -0.3 is 11.5 Å². The first-order chi connectivity index (χ1) is 8.58. The van der Waals surface area contributed by atoms with Gasteiger partial charge in [-0.15, -0.1) is 0 Å². The zero-order valence-corrected chi connectivity index (χ0v) is 9.33. The zero-order chi connectivity index (χ0) is 13.1. The molecule has 0 aliphatic carbocycles. The average molecular weight is 242 g/mol. The summed E-state index contributed by atoms with van der Waals surface area (Å²) in [5, 5.41) is 0. The molecule has 0 spiro atoms. The molecule has 0 radical (unpaired) electrons. The third-order valence-corrected chi connectivity index (χ3v) is 2.36. The van der Waals surface area contributed by atoms with E-state index in [4.69, 9.17) is 11.5 Å². The summed E-state index contributed by atoms with van der Waals surface area (Å²) < 4.78 is 0. The van der Waals surface area contributed by atoms with Crippen molar-refractivity contribution in [3.05, 3.63) is 48.0 Å². The number of hydrogen-bond donors (Lipinski definition) is 2. The van der Waals surface area contributed by atoms with Crippen LogP contribution in [0.1, 0.15) is 21.0 Å². The maximum atomic E-state index is 11.0. The van der Waals surface area contributed by atoms with Crippen molar-refractivity contribution in [1.29, 1.82) is 0 Å². The van der Waals surface area contributed by atoms with E-state index in [-0.39, 0.29) is 11.4 Å². The van der Waals surface area contributed by atoms with Crippen LogP contribution in [0.3, 0.4) is 0 Å². The Morgan fingerprint density at radius 3 is 1.56 bits per heavy atom. The molecule has 2 rings (SSSR count). The monoisotopic (exact) mass is 242 g/mol. The maximum absolute atomic E-state index is 11.0. The van der Waals surface area contributed by atoms with Gasteiger partial charge in [0.15, 0.2) is 0 Å². The number of hydrogen-bond acceptors (Lipinski definition) is 4. The van der Waals surface area contributed by atoms with Crippen LogP contribution < -0.4 is 11.5 Å². The van der Waals surface area contributed by atoms with Crippen molar-refractivity contribution in [3.8, 4) is 11.1 Å². The summed E-state index contributed by atoms with van der Waals surface area (Å²) in [4.78, 5) is 29.7. The van der Waals surface area contributed by atoms with E-state index in [1.165, 1.54) is 12.4 Å². The molecule has 0 aliphatic heterocycles. The molecule has 0 fully saturated rings. The summed E-state index contributed by atoms with van der Waals surface area (Å²) >= 11 is 0. The Kier molecular flexibility index (Phi) is 3.01. The molecule has 6 nitrogen and oxygen atoms in total. The van der Waals surface area contributed by atoms with Crippen molar-refractivity contribution in [1.82, 2.24) is 9.97 Å². The second-order valence-electron chi connectivity index (χ2n) is 3.59. The molecule has 0 bridgehead atoms. The summed E-state index contributed by atoms with van der Waals surface area (Å²) in [5.41, 5.74) is 12.0. The largest absolute Gasteiger partial charge is 0.364 e. The minimum Gasteiger partial charge on any atom is -0.364 e. The van der Waals surface area contributed by atoms with Gasteiger partial charge in [-0.3, -0.25) is 19.6 Å². The molecule has 2 amide bonds. The van der Waals surface area contributed by atoms with Gasteiger partial charge in [-0.05, 0) is 35.4 Å². The number of rotatable bonds is 3. The number of aromatic nitrogens is 2. The van der Waals surface area contributed by atoms with Gasteiger partial charge in [-0.25, -0.2) is 0 Å². The maximum Gasteiger partial charge on any atom is 0.267 e. The second-order valence-corrected chi connectivity index (χ2v) is 3.59. The van der Waals surface area contributed by atoms with Crippen LogP contribution in [0.25, 0.3) is 11.1 Å². The molecule has 0 atom stereocenters. The molecule has 90 valence electrons. The van der Waals surface area contributed by atoms with Crippen molar-refractivity contribution in [2.75, 3.05) is 0 Å². The summed E-state index contributed by atoms with van der Waals surface area (Å²) in [6.45, 7) is 0. The first-order valence-electron chi connectivity index (χ1n) is 5.10. The molecule has 2 aromatic heterocycles. The Hall–Kier alpha value is -2.76. The predicted octanol–water partition coefficient (Wildman–Crippen LogP) is 0.341. The number of carbonyl (C=O) groups excluding carboxylic acids is 2. The molecule has 18 heavy (non-hydrogen) atoms. The van der Waals surface area contributed by atoms with Crippen LogP contribution in [-0.2, 0) is 0 Å². The molecule has 2 aromatic rings. The smallest absolute Gasteiger partial charge is 0.267 e. The molecular formula is C12H10N4O2. The van der Waals surface area contributed by atoms with Gasteiger partial charge in [0.05, 0.1) is 0 Å². The number of pyridine rings is 2. The second kappa shape index (κ2) is 4.62. The Bertz CT molecular complexity index is 569. The summed E-state index contributed by atoms with van der Waals surface area (Å²) in [7, 11) is 0. The van der Waals surface area contributed by atoms with E-state index in [1.807, 2.05) is 0 Å². The van der Waals surface area contributed by atoms with Crippen molar-refractivity contribution >= 4 is 11.8 Å². The quantitative estimate of drug-likeness (QED) is 0.808. The summed E-state index contributed by atoms with van der Waals surface area (Å²) in [6, 6.07) is 6.49. The summed E-state index contributed by atoms with van der Waals surface area (Å²) in [6.07, 6.45) is 2.94. The Morgan fingerprint density at radius 2 is 1.22 bits per heavy atom. The van der Waals surface area contributed by atoms with Gasteiger partial charge in [-0.2, -0.15) is 0 Å². The first-order valence-corrected chi connectivity index (χ1v) is 5.10. The van der Waals surface area contributed by atoms with Crippen LogP contribution in [0.2, 0.25) is 0 Å². The van der Waals surface area contributed by atoms with Gasteiger partial charge >= 0.3 is 0 Å². The van der Waals surface area contributed by atoms with Crippen LogP contribution in [0.4, 0.5) is 0 Å². The number of carbonyl (C=O) groups is 2. The van der Waals surface area contributed by atoms with Crippen LogP contribution >= 0.6 is 0 Å². The molecule has 0 saturated carbocycles. The van der Waals surface area contributed by atoms with Gasteiger partial charge in [0.1, 0.15) is 11.4 Å². The van der Waals surface area contributed by atoms with Crippen molar-refractivity contribution in [3.63, 3.8) is 0 Å².